The van der Waals surface area contributed by atoms with E-state index in [4.69, 9.17) is 4.74 Å². The molecule has 1 unspecified atom stereocenters. The monoisotopic (exact) mass is 350 g/mol. The zero-order valence-corrected chi connectivity index (χ0v) is 15.4. The Bertz CT molecular complexity index is 432. The average Bonchev–Trinajstić information content (AvgIpc) is 3.03. The van der Waals surface area contributed by atoms with Crippen LogP contribution in [0.5, 0.6) is 0 Å². The standard InChI is InChI=1S/C20H34N2O3/c23-19(21-14-18-8-5-13-25-18)15-9-11-16(12-10-15)20(24)22-17-6-3-1-2-4-7-17/h15-18H,1-14H2,(H,21,23)(H,22,24). The molecule has 5 heteroatoms. The van der Waals surface area contributed by atoms with Crippen LogP contribution < -0.4 is 10.6 Å². The van der Waals surface area contributed by atoms with Crippen LogP contribution in [0.2, 0.25) is 0 Å². The Kier molecular flexibility index (Phi) is 7.14. The lowest BCUT2D eigenvalue weighted by Crippen LogP contribution is -2.42. The van der Waals surface area contributed by atoms with Gasteiger partial charge in [0.25, 0.3) is 0 Å². The van der Waals surface area contributed by atoms with Crippen molar-refractivity contribution in [1.29, 1.82) is 0 Å². The Morgan fingerprint density at radius 3 is 2.00 bits per heavy atom. The van der Waals surface area contributed by atoms with Crippen molar-refractivity contribution in [3.8, 4) is 0 Å². The van der Waals surface area contributed by atoms with Gasteiger partial charge in [0.1, 0.15) is 0 Å². The third-order valence-electron chi connectivity index (χ3n) is 6.20. The lowest BCUT2D eigenvalue weighted by Gasteiger charge is -2.28. The molecule has 3 fully saturated rings. The summed E-state index contributed by atoms with van der Waals surface area (Å²) >= 11 is 0. The van der Waals surface area contributed by atoms with Crippen LogP contribution in [0.4, 0.5) is 0 Å². The summed E-state index contributed by atoms with van der Waals surface area (Å²) in [7, 11) is 0. The van der Waals surface area contributed by atoms with Crippen molar-refractivity contribution in [2.75, 3.05) is 13.2 Å². The number of carbonyl (C=O) groups excluding carboxylic acids is 2. The molecule has 2 aliphatic carbocycles. The maximum atomic E-state index is 12.5. The van der Waals surface area contributed by atoms with Gasteiger partial charge in [-0.3, -0.25) is 9.59 Å². The van der Waals surface area contributed by atoms with Crippen molar-refractivity contribution < 1.29 is 14.3 Å². The molecule has 0 aromatic rings. The highest BCUT2D eigenvalue weighted by Crippen LogP contribution is 2.29. The van der Waals surface area contributed by atoms with Crippen LogP contribution in [-0.4, -0.2) is 37.1 Å². The molecular formula is C20H34N2O3. The molecule has 3 aliphatic rings. The molecule has 5 nitrogen and oxygen atoms in total. The molecule has 2 amide bonds. The second-order valence-corrected chi connectivity index (χ2v) is 8.13. The largest absolute Gasteiger partial charge is 0.376 e. The van der Waals surface area contributed by atoms with E-state index in [1.807, 2.05) is 0 Å². The van der Waals surface area contributed by atoms with E-state index >= 15 is 0 Å². The van der Waals surface area contributed by atoms with E-state index in [0.717, 1.165) is 58.0 Å². The Morgan fingerprint density at radius 2 is 1.40 bits per heavy atom. The lowest BCUT2D eigenvalue weighted by atomic mass is 9.81. The Hall–Kier alpha value is -1.10. The normalized spacial score (nSPS) is 31.3. The molecule has 25 heavy (non-hydrogen) atoms. The van der Waals surface area contributed by atoms with Gasteiger partial charge in [0, 0.05) is 31.0 Å². The number of nitrogens with one attached hydrogen (secondary N) is 2. The number of amides is 2. The van der Waals surface area contributed by atoms with Crippen molar-refractivity contribution in [1.82, 2.24) is 10.6 Å². The molecule has 1 aliphatic heterocycles. The Morgan fingerprint density at radius 1 is 0.760 bits per heavy atom. The maximum Gasteiger partial charge on any atom is 0.223 e. The van der Waals surface area contributed by atoms with Crippen molar-refractivity contribution >= 4 is 11.8 Å². The predicted octanol–water partition coefficient (Wildman–Crippen LogP) is 2.93. The fourth-order valence-electron chi connectivity index (χ4n) is 4.52. The summed E-state index contributed by atoms with van der Waals surface area (Å²) in [6.45, 7) is 1.46. The molecule has 0 radical (unpaired) electrons. The first-order chi connectivity index (χ1) is 12.2. The van der Waals surface area contributed by atoms with E-state index in [-0.39, 0.29) is 29.8 Å². The number of ether oxygens (including phenoxy) is 1. The fraction of sp³-hybridized carbons (Fsp3) is 0.900. The summed E-state index contributed by atoms with van der Waals surface area (Å²) in [5, 5.41) is 6.33. The highest BCUT2D eigenvalue weighted by molar-refractivity contribution is 5.81. The van der Waals surface area contributed by atoms with Crippen LogP contribution in [0.15, 0.2) is 0 Å². The second-order valence-electron chi connectivity index (χ2n) is 8.13. The van der Waals surface area contributed by atoms with E-state index in [1.165, 1.54) is 25.7 Å². The van der Waals surface area contributed by atoms with Gasteiger partial charge in [-0.05, 0) is 51.4 Å². The summed E-state index contributed by atoms with van der Waals surface area (Å²) in [6, 6.07) is 0.377. The molecule has 3 rings (SSSR count). The first-order valence-electron chi connectivity index (χ1n) is 10.4. The molecule has 1 saturated heterocycles. The van der Waals surface area contributed by atoms with E-state index in [9.17, 15) is 9.59 Å². The third kappa shape index (κ3) is 5.70. The molecule has 0 spiro atoms. The Labute approximate surface area is 151 Å². The Balaban J connectivity index is 1.35. The average molecular weight is 351 g/mol. The van der Waals surface area contributed by atoms with Crippen LogP contribution >= 0.6 is 0 Å². The molecule has 2 N–H and O–H groups in total. The van der Waals surface area contributed by atoms with E-state index in [2.05, 4.69) is 10.6 Å². The van der Waals surface area contributed by atoms with Crippen molar-refractivity contribution in [2.24, 2.45) is 11.8 Å². The van der Waals surface area contributed by atoms with Gasteiger partial charge in [0.15, 0.2) is 0 Å². The van der Waals surface area contributed by atoms with E-state index in [0.29, 0.717) is 12.6 Å². The minimum atomic E-state index is 0.0725. The summed E-state index contributed by atoms with van der Waals surface area (Å²) in [5.41, 5.74) is 0. The first-order valence-corrected chi connectivity index (χ1v) is 10.4. The SMILES string of the molecule is O=C(NCC1CCCO1)C1CCC(C(=O)NC2CCCCCC2)CC1. The summed E-state index contributed by atoms with van der Waals surface area (Å²) < 4.78 is 5.55. The minimum Gasteiger partial charge on any atom is -0.376 e. The molecule has 1 heterocycles. The zero-order chi connectivity index (χ0) is 17.5. The smallest absolute Gasteiger partial charge is 0.223 e. The van der Waals surface area contributed by atoms with E-state index < -0.39 is 0 Å². The van der Waals surface area contributed by atoms with Crippen LogP contribution in [-0.2, 0) is 14.3 Å². The number of hydrogen-bond acceptors (Lipinski definition) is 3. The number of carbonyl (C=O) groups is 2. The third-order valence-corrected chi connectivity index (χ3v) is 6.20. The van der Waals surface area contributed by atoms with Crippen LogP contribution in [0.25, 0.3) is 0 Å². The van der Waals surface area contributed by atoms with Gasteiger partial charge in [-0.2, -0.15) is 0 Å². The van der Waals surface area contributed by atoms with Crippen LogP contribution in [0, 0.1) is 11.8 Å². The van der Waals surface area contributed by atoms with Gasteiger partial charge in [-0.25, -0.2) is 0 Å². The molecule has 2 saturated carbocycles. The second kappa shape index (κ2) is 9.56. The van der Waals surface area contributed by atoms with Crippen molar-refractivity contribution in [3.05, 3.63) is 0 Å². The molecule has 142 valence electrons. The highest BCUT2D eigenvalue weighted by Gasteiger charge is 2.31. The quantitative estimate of drug-likeness (QED) is 0.749. The predicted molar refractivity (Wildman–Crippen MR) is 97.1 cm³/mol. The van der Waals surface area contributed by atoms with Gasteiger partial charge in [0.2, 0.25) is 11.8 Å². The zero-order valence-electron chi connectivity index (χ0n) is 15.4. The molecule has 0 aromatic heterocycles. The van der Waals surface area contributed by atoms with Gasteiger partial charge in [0.05, 0.1) is 6.10 Å². The highest BCUT2D eigenvalue weighted by atomic mass is 16.5. The first kappa shape index (κ1) is 18.7. The van der Waals surface area contributed by atoms with E-state index in [1.54, 1.807) is 0 Å². The van der Waals surface area contributed by atoms with Crippen molar-refractivity contribution in [3.63, 3.8) is 0 Å². The summed E-state index contributed by atoms with van der Waals surface area (Å²) in [4.78, 5) is 24.8. The van der Waals surface area contributed by atoms with Gasteiger partial charge in [-0.1, -0.05) is 25.7 Å². The van der Waals surface area contributed by atoms with Gasteiger partial charge in [-0.15, -0.1) is 0 Å². The lowest BCUT2D eigenvalue weighted by molar-refractivity contribution is -0.131. The number of rotatable bonds is 5. The van der Waals surface area contributed by atoms with Crippen molar-refractivity contribution in [2.45, 2.75) is 89.2 Å². The van der Waals surface area contributed by atoms with Crippen LogP contribution in [0.3, 0.4) is 0 Å². The molecule has 0 bridgehead atoms. The maximum absolute atomic E-state index is 12.5. The van der Waals surface area contributed by atoms with Crippen LogP contribution in [0.1, 0.15) is 77.0 Å². The topological polar surface area (TPSA) is 67.4 Å². The number of hydrogen-bond donors (Lipinski definition) is 2. The molecule has 0 aromatic carbocycles. The fourth-order valence-corrected chi connectivity index (χ4v) is 4.52. The van der Waals surface area contributed by atoms with Gasteiger partial charge >= 0.3 is 0 Å². The minimum absolute atomic E-state index is 0.0725. The molecule has 1 atom stereocenters. The summed E-state index contributed by atoms with van der Waals surface area (Å²) in [5.74, 6) is 0.553. The van der Waals surface area contributed by atoms with Gasteiger partial charge < -0.3 is 15.4 Å². The molecular weight excluding hydrogens is 316 g/mol. The summed E-state index contributed by atoms with van der Waals surface area (Å²) in [6.07, 6.45) is 13.1.